The third-order valence-corrected chi connectivity index (χ3v) is 5.89. The summed E-state index contributed by atoms with van der Waals surface area (Å²) >= 11 is 0. The molecule has 3 unspecified atom stereocenters. The third kappa shape index (κ3) is 4.22. The van der Waals surface area contributed by atoms with Gasteiger partial charge >= 0.3 is 0 Å². The second kappa shape index (κ2) is 8.22. The Kier molecular flexibility index (Phi) is 5.26. The van der Waals surface area contributed by atoms with Crippen molar-refractivity contribution in [3.8, 4) is 11.3 Å². The lowest BCUT2D eigenvalue weighted by atomic mass is 10.1. The first kappa shape index (κ1) is 19.9. The van der Waals surface area contributed by atoms with Gasteiger partial charge in [-0.1, -0.05) is 6.07 Å². The zero-order valence-corrected chi connectivity index (χ0v) is 17.4. The van der Waals surface area contributed by atoms with Gasteiger partial charge in [-0.3, -0.25) is 19.5 Å². The van der Waals surface area contributed by atoms with Crippen molar-refractivity contribution in [1.29, 1.82) is 0 Å². The van der Waals surface area contributed by atoms with Gasteiger partial charge in [-0.25, -0.2) is 4.98 Å². The van der Waals surface area contributed by atoms with Gasteiger partial charge in [0, 0.05) is 44.6 Å². The van der Waals surface area contributed by atoms with E-state index < -0.39 is 6.23 Å². The Morgan fingerprint density at radius 1 is 1.16 bits per heavy atom. The molecule has 5 heterocycles. The number of hydrogen-bond acceptors (Lipinski definition) is 7. The minimum atomic E-state index is -0.968. The molecule has 31 heavy (non-hydrogen) atoms. The highest BCUT2D eigenvalue weighted by Crippen LogP contribution is 2.23. The first-order chi connectivity index (χ1) is 15.0. The summed E-state index contributed by atoms with van der Waals surface area (Å²) in [6, 6.07) is 5.33. The number of aryl methyl sites for hydroxylation is 1. The van der Waals surface area contributed by atoms with Crippen LogP contribution in [0.2, 0.25) is 0 Å². The van der Waals surface area contributed by atoms with Gasteiger partial charge in [0.2, 0.25) is 0 Å². The second-order valence-corrected chi connectivity index (χ2v) is 8.22. The number of aliphatic hydroxyl groups excluding tert-OH is 1. The van der Waals surface area contributed by atoms with Gasteiger partial charge in [-0.2, -0.15) is 10.2 Å². The third-order valence-electron chi connectivity index (χ3n) is 5.89. The van der Waals surface area contributed by atoms with E-state index >= 15 is 0 Å². The average Bonchev–Trinajstić information content (AvgIpc) is 3.50. The van der Waals surface area contributed by atoms with E-state index in [0.717, 1.165) is 38.2 Å². The van der Waals surface area contributed by atoms with E-state index in [1.165, 1.54) is 0 Å². The molecule has 3 atom stereocenters. The van der Waals surface area contributed by atoms with Crippen molar-refractivity contribution < 1.29 is 9.90 Å². The molecule has 3 aromatic rings. The number of aromatic nitrogens is 5. The summed E-state index contributed by atoms with van der Waals surface area (Å²) < 4.78 is 3.50. The summed E-state index contributed by atoms with van der Waals surface area (Å²) in [5, 5.41) is 25.5. The zero-order chi connectivity index (χ0) is 21.4. The summed E-state index contributed by atoms with van der Waals surface area (Å²) in [7, 11) is 1.76. The van der Waals surface area contributed by atoms with E-state index in [-0.39, 0.29) is 11.6 Å². The van der Waals surface area contributed by atoms with Crippen LogP contribution < -0.4 is 10.6 Å². The van der Waals surface area contributed by atoms with Crippen LogP contribution in [-0.4, -0.2) is 66.6 Å². The number of amides is 1. The van der Waals surface area contributed by atoms with E-state index in [1.807, 2.05) is 16.9 Å². The van der Waals surface area contributed by atoms with Crippen molar-refractivity contribution >= 4 is 11.6 Å². The number of pyridine rings is 1. The van der Waals surface area contributed by atoms with Crippen LogP contribution in [0.15, 0.2) is 36.8 Å². The monoisotopic (exact) mass is 422 g/mol. The molecule has 0 aromatic carbocycles. The minimum absolute atomic E-state index is 0.285. The number of nitrogens with zero attached hydrogens (tertiary/aromatic N) is 6. The fourth-order valence-corrected chi connectivity index (χ4v) is 4.23. The molecule has 0 saturated carbocycles. The van der Waals surface area contributed by atoms with E-state index in [4.69, 9.17) is 0 Å². The van der Waals surface area contributed by atoms with Crippen molar-refractivity contribution in [3.63, 3.8) is 0 Å². The number of hydrogen-bond donors (Lipinski definition) is 3. The summed E-state index contributed by atoms with van der Waals surface area (Å²) in [6.45, 7) is 4.39. The number of anilines is 1. The molecule has 0 spiro atoms. The summed E-state index contributed by atoms with van der Waals surface area (Å²) in [6.07, 6.45) is 5.54. The predicted molar refractivity (Wildman–Crippen MR) is 114 cm³/mol. The van der Waals surface area contributed by atoms with Crippen molar-refractivity contribution in [2.75, 3.05) is 31.5 Å². The lowest BCUT2D eigenvalue weighted by Gasteiger charge is -2.18. The van der Waals surface area contributed by atoms with Crippen LogP contribution in [0.5, 0.6) is 0 Å². The van der Waals surface area contributed by atoms with Crippen LogP contribution in [0.4, 0.5) is 5.69 Å². The highest BCUT2D eigenvalue weighted by molar-refractivity contribution is 6.03. The van der Waals surface area contributed by atoms with Crippen LogP contribution in [0, 0.1) is 5.92 Å². The molecule has 3 N–H and O–H groups in total. The molecular formula is C21H26N8O2. The van der Waals surface area contributed by atoms with E-state index in [2.05, 4.69) is 30.7 Å². The van der Waals surface area contributed by atoms with Crippen molar-refractivity contribution in [2.24, 2.45) is 13.0 Å². The molecule has 0 radical (unpaired) electrons. The fourth-order valence-electron chi connectivity index (χ4n) is 4.23. The lowest BCUT2D eigenvalue weighted by Crippen LogP contribution is -2.31. The Morgan fingerprint density at radius 3 is 2.94 bits per heavy atom. The van der Waals surface area contributed by atoms with Crippen molar-refractivity contribution in [1.82, 2.24) is 34.8 Å². The maximum absolute atomic E-state index is 12.9. The Balaban J connectivity index is 1.48. The van der Waals surface area contributed by atoms with Crippen LogP contribution in [0.1, 0.15) is 28.8 Å². The highest BCUT2D eigenvalue weighted by Gasteiger charge is 2.25. The molecule has 162 valence electrons. The van der Waals surface area contributed by atoms with E-state index in [9.17, 15) is 9.90 Å². The number of fused-ring (bicyclic) bond motifs is 8. The first-order valence-corrected chi connectivity index (χ1v) is 10.5. The second-order valence-electron chi connectivity index (χ2n) is 8.22. The smallest absolute Gasteiger partial charge is 0.274 e. The molecule has 2 aliphatic heterocycles. The Bertz CT molecular complexity index is 1090. The molecular weight excluding hydrogens is 396 g/mol. The van der Waals surface area contributed by atoms with Gasteiger partial charge in [0.05, 0.1) is 24.1 Å². The molecule has 5 rings (SSSR count). The van der Waals surface area contributed by atoms with Gasteiger partial charge in [0.1, 0.15) is 11.4 Å². The topological polar surface area (TPSA) is 113 Å². The Morgan fingerprint density at radius 2 is 2.03 bits per heavy atom. The van der Waals surface area contributed by atoms with Gasteiger partial charge in [0.25, 0.3) is 5.91 Å². The first-order valence-electron chi connectivity index (χ1n) is 10.5. The molecule has 10 nitrogen and oxygen atoms in total. The van der Waals surface area contributed by atoms with Crippen LogP contribution in [0.3, 0.4) is 0 Å². The molecule has 10 heteroatoms. The largest absolute Gasteiger partial charge is 0.372 e. The molecule has 0 aliphatic carbocycles. The number of carbonyl (C=O) groups excluding carboxylic acids is 1. The van der Waals surface area contributed by atoms with E-state index in [0.29, 0.717) is 29.5 Å². The van der Waals surface area contributed by atoms with Crippen molar-refractivity contribution in [3.05, 3.63) is 48.2 Å². The molecule has 2 aliphatic rings. The minimum Gasteiger partial charge on any atom is -0.372 e. The molecule has 1 saturated heterocycles. The molecule has 1 fully saturated rings. The highest BCUT2D eigenvalue weighted by atomic mass is 16.3. The average molecular weight is 422 g/mol. The summed E-state index contributed by atoms with van der Waals surface area (Å²) in [5.41, 5.74) is 2.70. The van der Waals surface area contributed by atoms with Crippen LogP contribution in [-0.2, 0) is 13.6 Å². The van der Waals surface area contributed by atoms with E-state index in [1.54, 1.807) is 36.3 Å². The molecule has 1 amide bonds. The Labute approximate surface area is 179 Å². The van der Waals surface area contributed by atoms with Gasteiger partial charge in [-0.15, -0.1) is 0 Å². The van der Waals surface area contributed by atoms with Crippen LogP contribution >= 0.6 is 0 Å². The number of rotatable bonds is 0. The lowest BCUT2D eigenvalue weighted by molar-refractivity contribution is 0.102. The van der Waals surface area contributed by atoms with Crippen LogP contribution in [0.25, 0.3) is 11.3 Å². The number of nitrogens with one attached hydrogen (secondary N) is 2. The fraction of sp³-hybridized carbons (Fsp3) is 0.429. The Hall–Kier alpha value is -3.08. The molecule has 3 aromatic heterocycles. The van der Waals surface area contributed by atoms with Gasteiger partial charge < -0.3 is 15.3 Å². The van der Waals surface area contributed by atoms with Crippen molar-refractivity contribution in [2.45, 2.75) is 19.2 Å². The normalized spacial score (nSPS) is 24.2. The maximum atomic E-state index is 12.9. The number of carbonyl (C=O) groups is 1. The number of aliphatic hydroxyl groups is 1. The maximum Gasteiger partial charge on any atom is 0.274 e. The summed E-state index contributed by atoms with van der Waals surface area (Å²) in [5.74, 6) is 0.0933. The molecule has 6 bridgehead atoms. The zero-order valence-electron chi connectivity index (χ0n) is 17.4. The predicted octanol–water partition coefficient (Wildman–Crippen LogP) is 0.847. The summed E-state index contributed by atoms with van der Waals surface area (Å²) in [4.78, 5) is 19.8. The quantitative estimate of drug-likeness (QED) is 0.492. The SMILES string of the molecule is Cn1cc2c(n1)C(O)NCC1CCN(CCn3cc(cn3)-c3cccc(n3)C(=O)N2)C1. The van der Waals surface area contributed by atoms with Gasteiger partial charge in [-0.05, 0) is 31.0 Å². The van der Waals surface area contributed by atoms with Gasteiger partial charge in [0.15, 0.2) is 6.23 Å². The standard InChI is InChI=1S/C21H26N8O2/c1-27-13-18-19(26-27)21(31)22-9-14-5-6-28(11-14)7-8-29-12-15(10-23-29)16-3-2-4-17(24-16)20(30)25-18/h2-4,10,12-14,21-22,31H,5-9,11H2,1H3,(H,25,30).